The summed E-state index contributed by atoms with van der Waals surface area (Å²) in [5.41, 5.74) is 6.56. The van der Waals surface area contributed by atoms with E-state index in [4.69, 9.17) is 18.0 Å². The summed E-state index contributed by atoms with van der Waals surface area (Å²) in [6.07, 6.45) is 4.97. The van der Waals surface area contributed by atoms with Crippen molar-refractivity contribution in [3.63, 3.8) is 0 Å². The van der Waals surface area contributed by atoms with E-state index in [1.54, 1.807) is 12.1 Å². The molecule has 2 rings (SSSR count). The van der Waals surface area contributed by atoms with E-state index in [1.165, 1.54) is 12.6 Å². The Morgan fingerprint density at radius 2 is 2.39 bits per heavy atom. The van der Waals surface area contributed by atoms with Gasteiger partial charge in [0.2, 0.25) is 0 Å². The first kappa shape index (κ1) is 13.0. The van der Waals surface area contributed by atoms with Crippen molar-refractivity contribution in [1.29, 1.82) is 0 Å². The highest BCUT2D eigenvalue weighted by Gasteiger charge is 2.37. The molecule has 3 N–H and O–H groups in total. The van der Waals surface area contributed by atoms with Crippen molar-refractivity contribution >= 4 is 23.1 Å². The molecule has 1 aliphatic rings. The molecular weight excluding hydrogens is 246 g/mol. The number of nitrogens with one attached hydrogen (secondary N) is 1. The number of carbonyl (C=O) groups is 1. The summed E-state index contributed by atoms with van der Waals surface area (Å²) in [7, 11) is 0. The predicted molar refractivity (Wildman–Crippen MR) is 74.4 cm³/mol. The van der Waals surface area contributed by atoms with Crippen molar-refractivity contribution in [2.75, 3.05) is 0 Å². The summed E-state index contributed by atoms with van der Waals surface area (Å²) in [5.74, 6) is 0.530. The van der Waals surface area contributed by atoms with E-state index < -0.39 is 0 Å². The summed E-state index contributed by atoms with van der Waals surface area (Å²) >= 11 is 4.83. The monoisotopic (exact) mass is 263 g/mol. The van der Waals surface area contributed by atoms with Gasteiger partial charge in [0.15, 0.2) is 0 Å². The summed E-state index contributed by atoms with van der Waals surface area (Å²) < 4.78 is 0. The molecule has 0 radical (unpaired) electrons. The normalized spacial score (nSPS) is 21.4. The number of nitrogens with two attached hydrogens (primary N) is 1. The molecule has 4 nitrogen and oxygen atoms in total. The molecule has 1 amide bonds. The van der Waals surface area contributed by atoms with Gasteiger partial charge in [-0.2, -0.15) is 0 Å². The van der Waals surface area contributed by atoms with Gasteiger partial charge in [0.05, 0.1) is 0 Å². The smallest absolute Gasteiger partial charge is 0.270 e. The third kappa shape index (κ3) is 3.04. The topological polar surface area (TPSA) is 68.0 Å². The van der Waals surface area contributed by atoms with Crippen LogP contribution in [-0.4, -0.2) is 21.9 Å². The van der Waals surface area contributed by atoms with Crippen molar-refractivity contribution < 1.29 is 4.79 Å². The fraction of sp³-hybridized carbons (Fsp3) is 0.462. The van der Waals surface area contributed by atoms with Crippen LogP contribution < -0.4 is 11.1 Å². The number of aromatic nitrogens is 1. The van der Waals surface area contributed by atoms with Crippen LogP contribution in [0.3, 0.4) is 0 Å². The number of hydrogen-bond acceptors (Lipinski definition) is 3. The number of carbonyl (C=O) groups excluding carboxylic acids is 1. The van der Waals surface area contributed by atoms with Crippen LogP contribution in [-0.2, 0) is 0 Å². The lowest BCUT2D eigenvalue weighted by atomic mass is 10.2. The van der Waals surface area contributed by atoms with Crippen LogP contribution in [0.15, 0.2) is 18.3 Å². The Hall–Kier alpha value is -1.49. The highest BCUT2D eigenvalue weighted by atomic mass is 32.1. The zero-order valence-electron chi connectivity index (χ0n) is 10.3. The maximum absolute atomic E-state index is 11.9. The molecule has 1 fully saturated rings. The van der Waals surface area contributed by atoms with Gasteiger partial charge >= 0.3 is 0 Å². The van der Waals surface area contributed by atoms with Gasteiger partial charge in [0, 0.05) is 17.8 Å². The largest absolute Gasteiger partial charge is 0.389 e. The van der Waals surface area contributed by atoms with Gasteiger partial charge in [-0.1, -0.05) is 25.6 Å². The van der Waals surface area contributed by atoms with E-state index in [1.807, 2.05) is 0 Å². The first-order valence-electron chi connectivity index (χ1n) is 6.18. The second-order valence-electron chi connectivity index (χ2n) is 4.66. The van der Waals surface area contributed by atoms with E-state index in [0.717, 1.165) is 12.8 Å². The first-order valence-corrected chi connectivity index (χ1v) is 6.59. The average Bonchev–Trinajstić information content (AvgIpc) is 3.08. The summed E-state index contributed by atoms with van der Waals surface area (Å²) in [5, 5.41) is 2.99. The van der Waals surface area contributed by atoms with Gasteiger partial charge in [-0.15, -0.1) is 0 Å². The Balaban J connectivity index is 1.91. The maximum atomic E-state index is 11.9. The molecule has 0 aromatic carbocycles. The van der Waals surface area contributed by atoms with Crippen LogP contribution in [0.5, 0.6) is 0 Å². The van der Waals surface area contributed by atoms with Crippen molar-refractivity contribution in [1.82, 2.24) is 10.3 Å². The lowest BCUT2D eigenvalue weighted by molar-refractivity contribution is 0.0944. The molecule has 2 unspecified atom stereocenters. The Bertz CT molecular complexity index is 458. The van der Waals surface area contributed by atoms with Crippen LogP contribution in [0.25, 0.3) is 0 Å². The first-order chi connectivity index (χ1) is 8.61. The third-order valence-electron chi connectivity index (χ3n) is 3.18. The second kappa shape index (κ2) is 5.44. The van der Waals surface area contributed by atoms with E-state index in [-0.39, 0.29) is 5.91 Å². The van der Waals surface area contributed by atoms with Crippen molar-refractivity contribution in [3.8, 4) is 0 Å². The van der Waals surface area contributed by atoms with Crippen molar-refractivity contribution in [2.45, 2.75) is 32.2 Å². The second-order valence-corrected chi connectivity index (χ2v) is 5.10. The molecule has 1 aromatic heterocycles. The maximum Gasteiger partial charge on any atom is 0.270 e. The summed E-state index contributed by atoms with van der Waals surface area (Å²) in [6.45, 7) is 2.16. The molecular formula is C13H17N3OS. The molecule has 0 bridgehead atoms. The van der Waals surface area contributed by atoms with E-state index >= 15 is 0 Å². The predicted octanol–water partition coefficient (Wildman–Crippen LogP) is 1.63. The molecule has 1 aromatic rings. The number of thiocarbonyl (C=S) groups is 1. The number of pyridine rings is 1. The molecule has 5 heteroatoms. The molecule has 0 spiro atoms. The van der Waals surface area contributed by atoms with Gasteiger partial charge in [-0.05, 0) is 30.9 Å². The number of nitrogens with zero attached hydrogens (tertiary/aromatic N) is 1. The molecule has 1 saturated carbocycles. The van der Waals surface area contributed by atoms with Gasteiger partial charge in [-0.3, -0.25) is 9.78 Å². The van der Waals surface area contributed by atoms with Crippen molar-refractivity contribution in [3.05, 3.63) is 29.6 Å². The number of rotatable bonds is 5. The zero-order valence-corrected chi connectivity index (χ0v) is 11.2. The van der Waals surface area contributed by atoms with Crippen LogP contribution >= 0.6 is 12.2 Å². The van der Waals surface area contributed by atoms with Gasteiger partial charge < -0.3 is 11.1 Å². The highest BCUT2D eigenvalue weighted by molar-refractivity contribution is 7.80. The lowest BCUT2D eigenvalue weighted by Gasteiger charge is -2.04. The number of hydrogen-bond donors (Lipinski definition) is 2. The fourth-order valence-corrected chi connectivity index (χ4v) is 2.15. The molecule has 96 valence electrons. The van der Waals surface area contributed by atoms with E-state index in [9.17, 15) is 4.79 Å². The minimum Gasteiger partial charge on any atom is -0.389 e. The van der Waals surface area contributed by atoms with Crippen LogP contribution in [0.2, 0.25) is 0 Å². The van der Waals surface area contributed by atoms with Gasteiger partial charge in [-0.25, -0.2) is 0 Å². The standard InChI is InChI=1S/C13H17N3OS/c1-2-3-8-6-11(8)16-13(17)10-5-4-9(7-15-10)12(14)18/h4-5,7-8,11H,2-3,6H2,1H3,(H2,14,18)(H,16,17). The molecule has 1 aliphatic carbocycles. The minimum atomic E-state index is -0.118. The molecule has 2 atom stereocenters. The van der Waals surface area contributed by atoms with Crippen LogP contribution in [0, 0.1) is 5.92 Å². The fourth-order valence-electron chi connectivity index (χ4n) is 2.03. The van der Waals surface area contributed by atoms with E-state index in [2.05, 4.69) is 17.2 Å². The van der Waals surface area contributed by atoms with E-state index in [0.29, 0.717) is 28.2 Å². The quantitative estimate of drug-likeness (QED) is 0.792. The Kier molecular flexibility index (Phi) is 3.91. The third-order valence-corrected chi connectivity index (χ3v) is 3.41. The van der Waals surface area contributed by atoms with Crippen LogP contribution in [0.4, 0.5) is 0 Å². The number of amides is 1. The minimum absolute atomic E-state index is 0.118. The molecule has 0 aliphatic heterocycles. The van der Waals surface area contributed by atoms with Crippen LogP contribution in [0.1, 0.15) is 42.2 Å². The van der Waals surface area contributed by atoms with Crippen molar-refractivity contribution in [2.24, 2.45) is 11.7 Å². The molecule has 18 heavy (non-hydrogen) atoms. The Labute approximate surface area is 112 Å². The highest BCUT2D eigenvalue weighted by Crippen LogP contribution is 2.34. The van der Waals surface area contributed by atoms with Gasteiger partial charge in [0.25, 0.3) is 5.91 Å². The summed E-state index contributed by atoms with van der Waals surface area (Å²) in [6, 6.07) is 3.70. The summed E-state index contributed by atoms with van der Waals surface area (Å²) in [4.78, 5) is 16.3. The average molecular weight is 263 g/mol. The molecule has 1 heterocycles. The molecule has 0 saturated heterocycles. The zero-order chi connectivity index (χ0) is 13.1. The Morgan fingerprint density at radius 1 is 1.61 bits per heavy atom. The Morgan fingerprint density at radius 3 is 2.94 bits per heavy atom. The van der Waals surface area contributed by atoms with Gasteiger partial charge in [0.1, 0.15) is 10.7 Å². The SMILES string of the molecule is CCCC1CC1NC(=O)c1ccc(C(N)=S)cn1. The lowest BCUT2D eigenvalue weighted by Crippen LogP contribution is -2.27.